The molecular weight excluding hydrogens is 506 g/mol. The van der Waals surface area contributed by atoms with Crippen LogP contribution >= 0.6 is 0 Å². The van der Waals surface area contributed by atoms with Crippen LogP contribution in [0.5, 0.6) is 5.88 Å². The van der Waals surface area contributed by atoms with Gasteiger partial charge >= 0.3 is 0 Å². The third-order valence-corrected chi connectivity index (χ3v) is 11.8. The molecule has 0 bridgehead atoms. The molecule has 0 saturated heterocycles. The van der Waals surface area contributed by atoms with E-state index >= 15 is 0 Å². The summed E-state index contributed by atoms with van der Waals surface area (Å²) in [6.45, 7) is 11.8. The van der Waals surface area contributed by atoms with Crippen LogP contribution in [0.4, 0.5) is 5.82 Å². The number of nitrogen functional groups attached to an aromatic ring is 1. The van der Waals surface area contributed by atoms with Crippen molar-refractivity contribution in [3.63, 3.8) is 0 Å². The van der Waals surface area contributed by atoms with Crippen molar-refractivity contribution in [2.75, 3.05) is 12.8 Å². The lowest BCUT2D eigenvalue weighted by atomic mass is 10.2. The Kier molecular flexibility index (Phi) is 6.92. The van der Waals surface area contributed by atoms with Crippen LogP contribution in [0.1, 0.15) is 26.3 Å². The second kappa shape index (κ2) is 10.2. The molecule has 2 N–H and O–H groups in total. The van der Waals surface area contributed by atoms with Gasteiger partial charge in [0.25, 0.3) is 0 Å². The molecule has 200 valence electrons. The van der Waals surface area contributed by atoms with E-state index in [0.29, 0.717) is 41.2 Å². The highest BCUT2D eigenvalue weighted by Crippen LogP contribution is 2.37. The molecule has 0 spiro atoms. The van der Waals surface area contributed by atoms with Crippen LogP contribution in [0.2, 0.25) is 18.1 Å². The van der Waals surface area contributed by atoms with Crippen LogP contribution in [0, 0.1) is 0 Å². The average Bonchev–Trinajstić information content (AvgIpc) is 3.30. The van der Waals surface area contributed by atoms with Gasteiger partial charge < -0.3 is 14.9 Å². The molecular formula is C29H33N7O2Si. The standard InChI is InChI=1S/C29H33N7O2Si/c1-29(2,3)39(5,6)38-18-19-9-11-20(12-10-19)36-27(21-8-7-15-31-26(21)30)35-23-14-13-22(34-28(23)36)24-16-33-25(37-4)17-32-24/h7-17H,18H2,1-6H3,(H2,30,31). The Morgan fingerprint density at radius 3 is 2.31 bits per heavy atom. The molecule has 10 heteroatoms. The topological polar surface area (TPSA) is 114 Å². The SMILES string of the molecule is COc1cnc(-c2ccc3nc(-c4cccnc4N)n(-c4ccc(CO[Si](C)(C)C(C)(C)C)cc4)c3n2)cn1. The van der Waals surface area contributed by atoms with Crippen molar-refractivity contribution < 1.29 is 9.16 Å². The second-order valence-corrected chi connectivity index (χ2v) is 15.7. The highest BCUT2D eigenvalue weighted by Gasteiger charge is 2.37. The van der Waals surface area contributed by atoms with E-state index in [2.05, 4.69) is 73.1 Å². The molecule has 0 aliphatic carbocycles. The van der Waals surface area contributed by atoms with E-state index in [0.717, 1.165) is 22.3 Å². The Morgan fingerprint density at radius 2 is 1.67 bits per heavy atom. The van der Waals surface area contributed by atoms with E-state index in [4.69, 9.17) is 24.9 Å². The number of ether oxygens (including phenoxy) is 1. The van der Waals surface area contributed by atoms with Gasteiger partial charge in [0.1, 0.15) is 17.0 Å². The number of pyridine rings is 2. The number of hydrogen-bond acceptors (Lipinski definition) is 8. The zero-order chi connectivity index (χ0) is 27.8. The van der Waals surface area contributed by atoms with Crippen molar-refractivity contribution in [3.8, 4) is 34.3 Å². The Labute approximate surface area is 229 Å². The van der Waals surface area contributed by atoms with E-state index in [1.165, 1.54) is 0 Å². The van der Waals surface area contributed by atoms with Crippen LogP contribution in [0.3, 0.4) is 0 Å². The Balaban J connectivity index is 1.58. The van der Waals surface area contributed by atoms with Gasteiger partial charge in [-0.2, -0.15) is 0 Å². The van der Waals surface area contributed by atoms with E-state index in [1.807, 2.05) is 28.8 Å². The minimum atomic E-state index is -1.86. The Morgan fingerprint density at radius 1 is 0.897 bits per heavy atom. The molecule has 0 saturated carbocycles. The molecule has 5 aromatic rings. The maximum Gasteiger partial charge on any atom is 0.232 e. The first-order chi connectivity index (χ1) is 18.6. The van der Waals surface area contributed by atoms with Crippen LogP contribution in [0.15, 0.2) is 67.1 Å². The van der Waals surface area contributed by atoms with Crippen molar-refractivity contribution in [1.29, 1.82) is 0 Å². The molecule has 1 aromatic carbocycles. The highest BCUT2D eigenvalue weighted by atomic mass is 28.4. The molecule has 0 atom stereocenters. The summed E-state index contributed by atoms with van der Waals surface area (Å²) in [6, 6.07) is 15.9. The summed E-state index contributed by atoms with van der Waals surface area (Å²) in [6.07, 6.45) is 4.89. The van der Waals surface area contributed by atoms with E-state index in [9.17, 15) is 0 Å². The van der Waals surface area contributed by atoms with E-state index < -0.39 is 8.32 Å². The summed E-state index contributed by atoms with van der Waals surface area (Å²) < 4.78 is 13.6. The van der Waals surface area contributed by atoms with Crippen molar-refractivity contribution in [1.82, 2.24) is 29.5 Å². The minimum Gasteiger partial charge on any atom is -0.480 e. The van der Waals surface area contributed by atoms with Gasteiger partial charge in [-0.3, -0.25) is 4.57 Å². The van der Waals surface area contributed by atoms with Crippen LogP contribution in [-0.4, -0.2) is 44.9 Å². The zero-order valence-corrected chi connectivity index (χ0v) is 24.1. The predicted octanol–water partition coefficient (Wildman–Crippen LogP) is 6.05. The number of nitrogens with zero attached hydrogens (tertiary/aromatic N) is 6. The summed E-state index contributed by atoms with van der Waals surface area (Å²) >= 11 is 0. The molecule has 39 heavy (non-hydrogen) atoms. The fourth-order valence-electron chi connectivity index (χ4n) is 3.91. The van der Waals surface area contributed by atoms with Gasteiger partial charge in [-0.15, -0.1) is 0 Å². The lowest BCUT2D eigenvalue weighted by Gasteiger charge is -2.36. The number of methoxy groups -OCH3 is 1. The monoisotopic (exact) mass is 539 g/mol. The molecule has 4 aromatic heterocycles. The average molecular weight is 540 g/mol. The van der Waals surface area contributed by atoms with Gasteiger partial charge in [0.05, 0.1) is 37.4 Å². The molecule has 0 radical (unpaired) electrons. The normalized spacial score (nSPS) is 12.2. The number of hydrogen-bond donors (Lipinski definition) is 1. The maximum absolute atomic E-state index is 6.43. The van der Waals surface area contributed by atoms with Gasteiger partial charge in [-0.05, 0) is 60.1 Å². The number of fused-ring (bicyclic) bond motifs is 1. The molecule has 0 aliphatic rings. The number of imidazole rings is 1. The molecule has 0 fully saturated rings. The third-order valence-electron chi connectivity index (χ3n) is 7.28. The van der Waals surface area contributed by atoms with Crippen molar-refractivity contribution in [2.24, 2.45) is 0 Å². The van der Waals surface area contributed by atoms with Crippen LogP contribution in [-0.2, 0) is 11.0 Å². The number of benzene rings is 1. The number of aromatic nitrogens is 6. The second-order valence-electron chi connectivity index (χ2n) is 10.9. The molecule has 0 amide bonds. The fourth-order valence-corrected chi connectivity index (χ4v) is 4.87. The van der Waals surface area contributed by atoms with Crippen molar-refractivity contribution in [2.45, 2.75) is 45.5 Å². The minimum absolute atomic E-state index is 0.152. The number of rotatable bonds is 7. The summed E-state index contributed by atoms with van der Waals surface area (Å²) in [5.74, 6) is 1.50. The third kappa shape index (κ3) is 5.25. The predicted molar refractivity (Wildman–Crippen MR) is 156 cm³/mol. The largest absolute Gasteiger partial charge is 0.480 e. The van der Waals surface area contributed by atoms with Gasteiger partial charge in [0.2, 0.25) is 5.88 Å². The smallest absolute Gasteiger partial charge is 0.232 e. The molecule has 0 unspecified atom stereocenters. The zero-order valence-electron chi connectivity index (χ0n) is 23.1. The molecule has 9 nitrogen and oxygen atoms in total. The summed E-state index contributed by atoms with van der Waals surface area (Å²) in [4.78, 5) is 22.9. The summed E-state index contributed by atoms with van der Waals surface area (Å²) in [5.41, 5.74) is 11.7. The summed E-state index contributed by atoms with van der Waals surface area (Å²) in [7, 11) is -0.301. The van der Waals surface area contributed by atoms with Crippen LogP contribution in [0.25, 0.3) is 39.6 Å². The van der Waals surface area contributed by atoms with Gasteiger partial charge in [0.15, 0.2) is 19.8 Å². The molecule has 4 heterocycles. The maximum atomic E-state index is 6.43. The highest BCUT2D eigenvalue weighted by molar-refractivity contribution is 6.74. The number of nitrogens with two attached hydrogens (primary N) is 1. The first kappa shape index (κ1) is 26.5. The van der Waals surface area contributed by atoms with Gasteiger partial charge in [-0.1, -0.05) is 32.9 Å². The van der Waals surface area contributed by atoms with Crippen molar-refractivity contribution >= 4 is 25.3 Å². The fraction of sp³-hybridized carbons (Fsp3) is 0.276. The lowest BCUT2D eigenvalue weighted by molar-refractivity contribution is 0.276. The molecule has 5 rings (SSSR count). The van der Waals surface area contributed by atoms with Gasteiger partial charge in [-0.25, -0.2) is 24.9 Å². The van der Waals surface area contributed by atoms with Crippen LogP contribution < -0.4 is 10.5 Å². The Hall–Kier alpha value is -4.15. The number of anilines is 1. The lowest BCUT2D eigenvalue weighted by Crippen LogP contribution is -2.40. The first-order valence-electron chi connectivity index (χ1n) is 12.8. The van der Waals surface area contributed by atoms with Gasteiger partial charge in [0, 0.05) is 11.9 Å². The van der Waals surface area contributed by atoms with E-state index in [1.54, 1.807) is 25.7 Å². The first-order valence-corrected chi connectivity index (χ1v) is 15.7. The summed E-state index contributed by atoms with van der Waals surface area (Å²) in [5, 5.41) is 0.152. The van der Waals surface area contributed by atoms with E-state index in [-0.39, 0.29) is 5.04 Å². The van der Waals surface area contributed by atoms with Crippen molar-refractivity contribution in [3.05, 3.63) is 72.7 Å². The Bertz CT molecular complexity index is 1610. The quantitative estimate of drug-likeness (QED) is 0.249. The molecule has 0 aliphatic heterocycles.